The van der Waals surface area contributed by atoms with Crippen LogP contribution in [0.1, 0.15) is 0 Å². The molecule has 2 aromatic rings. The Hall–Kier alpha value is -1.92. The SMILES string of the molecule is Nc1nc(=O)[nH]c2ncnn12. The minimum atomic E-state index is -0.525. The number of rotatable bonds is 0. The number of hydrogen-bond acceptors (Lipinski definition) is 5. The van der Waals surface area contributed by atoms with Crippen LogP contribution in [0, 0.1) is 0 Å². The van der Waals surface area contributed by atoms with Gasteiger partial charge in [0, 0.05) is 0 Å². The summed E-state index contributed by atoms with van der Waals surface area (Å²) in [4.78, 5) is 20.1. The molecule has 7 heteroatoms. The molecule has 0 fully saturated rings. The third-order valence-electron chi connectivity index (χ3n) is 1.20. The number of nitrogen functional groups attached to an aromatic ring is 1. The molecule has 0 amide bonds. The van der Waals surface area contributed by atoms with E-state index in [1.807, 2.05) is 0 Å². The highest BCUT2D eigenvalue weighted by Crippen LogP contribution is 1.92. The van der Waals surface area contributed by atoms with Crippen molar-refractivity contribution in [3.8, 4) is 0 Å². The molecule has 0 aliphatic rings. The highest BCUT2D eigenvalue weighted by Gasteiger charge is 2.00. The second kappa shape index (κ2) is 1.78. The second-order valence-corrected chi connectivity index (χ2v) is 1.90. The number of nitrogens with two attached hydrogens (primary N) is 1. The Morgan fingerprint density at radius 1 is 1.64 bits per heavy atom. The number of nitrogens with zero attached hydrogens (tertiary/aromatic N) is 4. The molecule has 0 aliphatic heterocycles. The maximum atomic E-state index is 10.7. The summed E-state index contributed by atoms with van der Waals surface area (Å²) in [5.74, 6) is 0.323. The van der Waals surface area contributed by atoms with Crippen LogP contribution in [-0.2, 0) is 0 Å². The number of aromatic nitrogens is 5. The lowest BCUT2D eigenvalue weighted by atomic mass is 10.9. The molecule has 2 aromatic heterocycles. The molecule has 0 spiro atoms. The molecule has 0 radical (unpaired) electrons. The number of nitrogens with one attached hydrogen (secondary N) is 1. The Morgan fingerprint density at radius 2 is 2.45 bits per heavy atom. The van der Waals surface area contributed by atoms with Gasteiger partial charge in [-0.3, -0.25) is 4.98 Å². The van der Waals surface area contributed by atoms with Gasteiger partial charge in [-0.25, -0.2) is 4.79 Å². The van der Waals surface area contributed by atoms with Crippen molar-refractivity contribution in [3.63, 3.8) is 0 Å². The van der Waals surface area contributed by atoms with Gasteiger partial charge in [-0.05, 0) is 0 Å². The molecular weight excluding hydrogens is 148 g/mol. The average molecular weight is 152 g/mol. The fourth-order valence-electron chi connectivity index (χ4n) is 0.769. The Balaban J connectivity index is 3.02. The van der Waals surface area contributed by atoms with Gasteiger partial charge in [0.25, 0.3) is 0 Å². The lowest BCUT2D eigenvalue weighted by Crippen LogP contribution is -2.16. The first-order valence-corrected chi connectivity index (χ1v) is 2.83. The van der Waals surface area contributed by atoms with Crippen LogP contribution in [-0.4, -0.2) is 24.6 Å². The molecule has 3 N–H and O–H groups in total. The summed E-state index contributed by atoms with van der Waals surface area (Å²) in [7, 11) is 0. The second-order valence-electron chi connectivity index (χ2n) is 1.90. The van der Waals surface area contributed by atoms with E-state index in [1.54, 1.807) is 0 Å². The Morgan fingerprint density at radius 3 is 3.27 bits per heavy atom. The summed E-state index contributed by atoms with van der Waals surface area (Å²) in [6, 6.07) is 0. The van der Waals surface area contributed by atoms with E-state index in [2.05, 4.69) is 20.1 Å². The highest BCUT2D eigenvalue weighted by atomic mass is 16.1. The van der Waals surface area contributed by atoms with Gasteiger partial charge >= 0.3 is 5.69 Å². The Kier molecular flexibility index (Phi) is 0.945. The van der Waals surface area contributed by atoms with E-state index in [4.69, 9.17) is 5.73 Å². The van der Waals surface area contributed by atoms with Crippen molar-refractivity contribution in [1.82, 2.24) is 24.6 Å². The van der Waals surface area contributed by atoms with Crippen LogP contribution in [0.3, 0.4) is 0 Å². The standard InChI is InChI=1S/C4H4N6O/c5-2-8-4(11)9-3-6-1-7-10(2)3/h1H,(H3,5,6,7,8,9,11). The number of aromatic amines is 1. The van der Waals surface area contributed by atoms with Crippen molar-refractivity contribution >= 4 is 11.7 Å². The van der Waals surface area contributed by atoms with Crippen LogP contribution in [0.5, 0.6) is 0 Å². The van der Waals surface area contributed by atoms with Crippen molar-refractivity contribution in [2.45, 2.75) is 0 Å². The largest absolute Gasteiger partial charge is 0.368 e. The van der Waals surface area contributed by atoms with Crippen LogP contribution >= 0.6 is 0 Å². The number of anilines is 1. The molecule has 0 unspecified atom stereocenters. The molecule has 2 rings (SSSR count). The molecule has 2 heterocycles. The zero-order valence-corrected chi connectivity index (χ0v) is 5.35. The van der Waals surface area contributed by atoms with Crippen molar-refractivity contribution < 1.29 is 0 Å². The first kappa shape index (κ1) is 5.83. The van der Waals surface area contributed by atoms with E-state index >= 15 is 0 Å². The van der Waals surface area contributed by atoms with E-state index in [1.165, 1.54) is 10.8 Å². The fraction of sp³-hybridized carbons (Fsp3) is 0. The minimum absolute atomic E-state index is 0.0289. The van der Waals surface area contributed by atoms with Crippen LogP contribution in [0.4, 0.5) is 5.95 Å². The molecule has 0 saturated carbocycles. The molecule has 0 bridgehead atoms. The van der Waals surface area contributed by atoms with Gasteiger partial charge in [0.05, 0.1) is 0 Å². The van der Waals surface area contributed by atoms with Gasteiger partial charge in [-0.15, -0.1) is 0 Å². The van der Waals surface area contributed by atoms with Crippen molar-refractivity contribution in [1.29, 1.82) is 0 Å². The average Bonchev–Trinajstić information content (AvgIpc) is 2.34. The fourth-order valence-corrected chi connectivity index (χ4v) is 0.769. The molecule has 0 aromatic carbocycles. The van der Waals surface area contributed by atoms with Gasteiger partial charge in [0.1, 0.15) is 6.33 Å². The van der Waals surface area contributed by atoms with E-state index < -0.39 is 5.69 Å². The molecule has 56 valence electrons. The van der Waals surface area contributed by atoms with Crippen molar-refractivity contribution in [2.75, 3.05) is 5.73 Å². The summed E-state index contributed by atoms with van der Waals surface area (Å²) in [6.45, 7) is 0. The van der Waals surface area contributed by atoms with E-state index in [0.717, 1.165) is 0 Å². The first-order valence-electron chi connectivity index (χ1n) is 2.83. The summed E-state index contributed by atoms with van der Waals surface area (Å²) in [5.41, 5.74) is 4.81. The van der Waals surface area contributed by atoms with E-state index in [9.17, 15) is 4.79 Å². The summed E-state index contributed by atoms with van der Waals surface area (Å²) >= 11 is 0. The van der Waals surface area contributed by atoms with Gasteiger partial charge in [-0.2, -0.15) is 19.6 Å². The molecule has 0 aliphatic carbocycles. The Bertz CT molecular complexity index is 441. The van der Waals surface area contributed by atoms with Gasteiger partial charge < -0.3 is 5.73 Å². The predicted molar refractivity (Wildman–Crippen MR) is 35.8 cm³/mol. The summed E-state index contributed by atoms with van der Waals surface area (Å²) < 4.78 is 1.24. The maximum absolute atomic E-state index is 10.7. The van der Waals surface area contributed by atoms with Crippen LogP contribution in [0.25, 0.3) is 5.78 Å². The van der Waals surface area contributed by atoms with Gasteiger partial charge in [-0.1, -0.05) is 0 Å². The van der Waals surface area contributed by atoms with Crippen LogP contribution in [0.2, 0.25) is 0 Å². The quantitative estimate of drug-likeness (QED) is 0.473. The molecule has 0 atom stereocenters. The van der Waals surface area contributed by atoms with E-state index in [-0.39, 0.29) is 5.95 Å². The molecule has 11 heavy (non-hydrogen) atoms. The third-order valence-corrected chi connectivity index (χ3v) is 1.20. The number of H-pyrrole nitrogens is 1. The number of fused-ring (bicyclic) bond motifs is 1. The molecule has 7 nitrogen and oxygen atoms in total. The normalized spacial score (nSPS) is 10.5. The zero-order valence-electron chi connectivity index (χ0n) is 5.35. The van der Waals surface area contributed by atoms with Gasteiger partial charge in [0.2, 0.25) is 11.7 Å². The van der Waals surface area contributed by atoms with Crippen molar-refractivity contribution in [3.05, 3.63) is 16.8 Å². The minimum Gasteiger partial charge on any atom is -0.368 e. The predicted octanol–water partition coefficient (Wildman–Crippen LogP) is -1.61. The van der Waals surface area contributed by atoms with Crippen LogP contribution in [0.15, 0.2) is 11.1 Å². The Labute approximate surface area is 59.9 Å². The smallest absolute Gasteiger partial charge is 0.351 e. The molecular formula is C4H4N6O. The third kappa shape index (κ3) is 0.741. The van der Waals surface area contributed by atoms with Crippen LogP contribution < -0.4 is 11.4 Å². The topological polar surface area (TPSA) is 102 Å². The highest BCUT2D eigenvalue weighted by molar-refractivity contribution is 5.31. The van der Waals surface area contributed by atoms with Crippen molar-refractivity contribution in [2.24, 2.45) is 0 Å². The zero-order chi connectivity index (χ0) is 7.84. The lowest BCUT2D eigenvalue weighted by molar-refractivity contribution is 0.887. The first-order chi connectivity index (χ1) is 5.27. The summed E-state index contributed by atoms with van der Waals surface area (Å²) in [5, 5.41) is 3.71. The summed E-state index contributed by atoms with van der Waals surface area (Å²) in [6.07, 6.45) is 1.28. The molecule has 0 saturated heterocycles. The van der Waals surface area contributed by atoms with Gasteiger partial charge in [0.15, 0.2) is 0 Å². The monoisotopic (exact) mass is 152 g/mol. The number of hydrogen-bond donors (Lipinski definition) is 2. The maximum Gasteiger partial charge on any atom is 0.351 e. The van der Waals surface area contributed by atoms with E-state index in [0.29, 0.717) is 5.78 Å². The lowest BCUT2D eigenvalue weighted by Gasteiger charge is -1.92.